The van der Waals surface area contributed by atoms with Crippen LogP contribution in [0.5, 0.6) is 0 Å². The minimum atomic E-state index is -0.695. The smallest absolute Gasteiger partial charge is 0.196 e. The van der Waals surface area contributed by atoms with E-state index in [9.17, 15) is 0 Å². The van der Waals surface area contributed by atoms with Gasteiger partial charge in [-0.2, -0.15) is 0 Å². The van der Waals surface area contributed by atoms with E-state index in [1.165, 1.54) is 6.26 Å². The van der Waals surface area contributed by atoms with Crippen molar-refractivity contribution in [1.82, 2.24) is 0 Å². The van der Waals surface area contributed by atoms with Crippen LogP contribution in [0.4, 0.5) is 0 Å². The van der Waals surface area contributed by atoms with Crippen molar-refractivity contribution in [1.29, 1.82) is 0 Å². The maximum atomic E-state index is 9.14. The fraction of sp³-hybridized carbons (Fsp3) is 0.778. The Labute approximate surface area is 73.7 Å². The normalized spacial score (nSPS) is 13.6. The van der Waals surface area contributed by atoms with Crippen LogP contribution >= 0.6 is 0 Å². The van der Waals surface area contributed by atoms with Gasteiger partial charge in [0.05, 0.1) is 6.26 Å². The molecule has 0 radical (unpaired) electrons. The van der Waals surface area contributed by atoms with Gasteiger partial charge >= 0.3 is 0 Å². The monoisotopic (exact) mass is 174 g/mol. The van der Waals surface area contributed by atoms with E-state index in [4.69, 9.17) is 14.9 Å². The summed E-state index contributed by atoms with van der Waals surface area (Å²) in [5.74, 6) is 0. The molecule has 0 aromatic carbocycles. The lowest BCUT2D eigenvalue weighted by Crippen LogP contribution is -2.07. The summed E-state index contributed by atoms with van der Waals surface area (Å²) >= 11 is 0. The van der Waals surface area contributed by atoms with Crippen molar-refractivity contribution in [3.8, 4) is 0 Å². The Kier molecular flexibility index (Phi) is 8.17. The molecular formula is C9H18O3. The summed E-state index contributed by atoms with van der Waals surface area (Å²) in [5, 5.41) is 17.6. The molecule has 0 fully saturated rings. The van der Waals surface area contributed by atoms with Crippen LogP contribution in [-0.4, -0.2) is 23.1 Å². The molecule has 2 N–H and O–H groups in total. The fourth-order valence-corrected chi connectivity index (χ4v) is 0.845. The summed E-state index contributed by atoms with van der Waals surface area (Å²) in [4.78, 5) is 0. The zero-order chi connectivity index (χ0) is 9.23. The van der Waals surface area contributed by atoms with Gasteiger partial charge in [-0.25, -0.2) is 0 Å². The van der Waals surface area contributed by atoms with Crippen molar-refractivity contribution in [2.45, 2.75) is 38.9 Å². The third-order valence-corrected chi connectivity index (χ3v) is 1.48. The lowest BCUT2D eigenvalue weighted by Gasteiger charge is -2.08. The summed E-state index contributed by atoms with van der Waals surface area (Å²) in [6.45, 7) is 2.06. The van der Waals surface area contributed by atoms with Crippen molar-refractivity contribution in [2.75, 3.05) is 6.61 Å². The van der Waals surface area contributed by atoms with E-state index in [1.54, 1.807) is 6.08 Å². The largest absolute Gasteiger partial charge is 0.473 e. The Bertz CT molecular complexity index is 112. The molecule has 0 saturated heterocycles. The van der Waals surface area contributed by atoms with E-state index in [0.29, 0.717) is 6.42 Å². The number of aliphatic hydroxyl groups is 2. The van der Waals surface area contributed by atoms with Crippen LogP contribution in [0.3, 0.4) is 0 Å². The molecule has 0 rings (SSSR count). The van der Waals surface area contributed by atoms with Crippen molar-refractivity contribution >= 4 is 0 Å². The zero-order valence-electron chi connectivity index (χ0n) is 7.57. The lowest BCUT2D eigenvalue weighted by atomic mass is 10.2. The van der Waals surface area contributed by atoms with Crippen LogP contribution in [-0.2, 0) is 4.74 Å². The van der Waals surface area contributed by atoms with Crippen molar-refractivity contribution in [3.63, 3.8) is 0 Å². The highest BCUT2D eigenvalue weighted by atomic mass is 16.6. The van der Waals surface area contributed by atoms with Gasteiger partial charge in [0, 0.05) is 13.0 Å². The first-order valence-electron chi connectivity index (χ1n) is 4.36. The van der Waals surface area contributed by atoms with Crippen LogP contribution < -0.4 is 0 Å². The third-order valence-electron chi connectivity index (χ3n) is 1.48. The van der Waals surface area contributed by atoms with Crippen molar-refractivity contribution in [3.05, 3.63) is 12.3 Å². The predicted molar refractivity (Wildman–Crippen MR) is 47.5 cm³/mol. The predicted octanol–water partition coefficient (Wildman–Crippen LogP) is 1.41. The Morgan fingerprint density at radius 2 is 2.08 bits per heavy atom. The highest BCUT2D eigenvalue weighted by Gasteiger charge is 2.00. The molecule has 72 valence electrons. The molecule has 1 unspecified atom stereocenters. The number of allylic oxidation sites excluding steroid dienone is 1. The van der Waals surface area contributed by atoms with Crippen LogP contribution in [0.25, 0.3) is 0 Å². The van der Waals surface area contributed by atoms with E-state index in [-0.39, 0.29) is 6.61 Å². The summed E-state index contributed by atoms with van der Waals surface area (Å²) < 4.78 is 4.88. The fourth-order valence-electron chi connectivity index (χ4n) is 0.845. The Morgan fingerprint density at radius 3 is 2.67 bits per heavy atom. The van der Waals surface area contributed by atoms with E-state index in [1.807, 2.05) is 6.92 Å². The lowest BCUT2D eigenvalue weighted by molar-refractivity contribution is -0.0575. The summed E-state index contributed by atoms with van der Waals surface area (Å²) in [6.07, 6.45) is 5.78. The first kappa shape index (κ1) is 11.5. The molecule has 0 saturated carbocycles. The van der Waals surface area contributed by atoms with Crippen LogP contribution in [0.2, 0.25) is 0 Å². The van der Waals surface area contributed by atoms with Crippen molar-refractivity contribution in [2.24, 2.45) is 0 Å². The number of hydrogen-bond donors (Lipinski definition) is 2. The molecular weight excluding hydrogens is 156 g/mol. The third kappa shape index (κ3) is 7.57. The van der Waals surface area contributed by atoms with Gasteiger partial charge in [0.25, 0.3) is 0 Å². The molecule has 0 aromatic rings. The summed E-state index contributed by atoms with van der Waals surface area (Å²) in [7, 11) is 0. The van der Waals surface area contributed by atoms with Gasteiger partial charge in [0.15, 0.2) is 6.29 Å². The molecule has 0 amide bonds. The van der Waals surface area contributed by atoms with E-state index in [0.717, 1.165) is 19.3 Å². The van der Waals surface area contributed by atoms with E-state index < -0.39 is 6.29 Å². The quantitative estimate of drug-likeness (QED) is 0.348. The Morgan fingerprint density at radius 1 is 1.33 bits per heavy atom. The number of aliphatic hydroxyl groups excluding tert-OH is 2. The van der Waals surface area contributed by atoms with E-state index >= 15 is 0 Å². The van der Waals surface area contributed by atoms with Gasteiger partial charge in [0.1, 0.15) is 0 Å². The Hall–Kier alpha value is -0.540. The molecule has 0 aliphatic heterocycles. The first-order chi connectivity index (χ1) is 5.81. The topological polar surface area (TPSA) is 49.7 Å². The minimum absolute atomic E-state index is 0.228. The average molecular weight is 174 g/mol. The van der Waals surface area contributed by atoms with Gasteiger partial charge < -0.3 is 14.9 Å². The molecule has 0 aliphatic carbocycles. The van der Waals surface area contributed by atoms with Gasteiger partial charge in [-0.3, -0.25) is 0 Å². The summed E-state index contributed by atoms with van der Waals surface area (Å²) in [6, 6.07) is 0. The van der Waals surface area contributed by atoms with Gasteiger partial charge in [0.2, 0.25) is 0 Å². The molecule has 0 bridgehead atoms. The molecule has 0 heterocycles. The number of ether oxygens (including phenoxy) is 1. The summed E-state index contributed by atoms with van der Waals surface area (Å²) in [5.41, 5.74) is 0. The number of unbranched alkanes of at least 4 members (excludes halogenated alkanes) is 2. The average Bonchev–Trinajstić information content (AvgIpc) is 2.09. The zero-order valence-corrected chi connectivity index (χ0v) is 7.57. The maximum Gasteiger partial charge on any atom is 0.196 e. The van der Waals surface area contributed by atoms with Gasteiger partial charge in [-0.1, -0.05) is 12.5 Å². The van der Waals surface area contributed by atoms with Gasteiger partial charge in [-0.05, 0) is 19.8 Å². The molecule has 1 atom stereocenters. The molecule has 3 nitrogen and oxygen atoms in total. The van der Waals surface area contributed by atoms with Crippen molar-refractivity contribution < 1.29 is 14.9 Å². The first-order valence-corrected chi connectivity index (χ1v) is 4.36. The van der Waals surface area contributed by atoms with E-state index in [2.05, 4.69) is 0 Å². The second-order valence-corrected chi connectivity index (χ2v) is 2.63. The molecule has 3 heteroatoms. The second-order valence-electron chi connectivity index (χ2n) is 2.63. The number of hydrogen-bond acceptors (Lipinski definition) is 3. The minimum Gasteiger partial charge on any atom is -0.473 e. The Balaban J connectivity index is 3.13. The molecule has 0 aromatic heterocycles. The maximum absolute atomic E-state index is 9.14. The SMILES string of the molecule is CC=COC(O)CCCCCO. The van der Waals surface area contributed by atoms with Crippen LogP contribution in [0.15, 0.2) is 12.3 Å². The number of rotatable bonds is 7. The highest BCUT2D eigenvalue weighted by molar-refractivity contribution is 4.65. The van der Waals surface area contributed by atoms with Crippen LogP contribution in [0.1, 0.15) is 32.6 Å². The standard InChI is InChI=1S/C9H18O3/c1-2-8-12-9(11)6-4-3-5-7-10/h2,8-11H,3-7H2,1H3. The molecule has 12 heavy (non-hydrogen) atoms. The van der Waals surface area contributed by atoms with Gasteiger partial charge in [-0.15, -0.1) is 0 Å². The highest BCUT2D eigenvalue weighted by Crippen LogP contribution is 2.04. The molecule has 0 spiro atoms. The van der Waals surface area contributed by atoms with Crippen LogP contribution in [0, 0.1) is 0 Å². The second kappa shape index (κ2) is 8.56. The molecule has 0 aliphatic rings.